The molecule has 3 heterocycles. The molecule has 4 rings (SSSR count). The minimum atomic E-state index is -0.160. The van der Waals surface area contributed by atoms with E-state index in [0.29, 0.717) is 27.8 Å². The van der Waals surface area contributed by atoms with Crippen LogP contribution in [0.15, 0.2) is 30.5 Å². The molecule has 8 heteroatoms. The number of halogens is 1. The van der Waals surface area contributed by atoms with Crippen LogP contribution < -0.4 is 11.1 Å². The number of hydrogen-bond donors (Lipinski definition) is 3. The SMILES string of the molecule is CNC(=O)c1ccc2c(Cl)c(-c3nn(C(C)C)c4ccnc(N)c34)[nH]c2c1. The zero-order chi connectivity index (χ0) is 19.3. The lowest BCUT2D eigenvalue weighted by atomic mass is 10.1. The van der Waals surface area contributed by atoms with Crippen molar-refractivity contribution in [2.75, 3.05) is 12.8 Å². The first-order chi connectivity index (χ1) is 12.9. The average molecular weight is 383 g/mol. The lowest BCUT2D eigenvalue weighted by Gasteiger charge is -2.06. The molecule has 0 bridgehead atoms. The Kier molecular flexibility index (Phi) is 4.04. The van der Waals surface area contributed by atoms with Crippen molar-refractivity contribution in [3.05, 3.63) is 41.0 Å². The second-order valence-corrected chi connectivity index (χ2v) is 7.01. The van der Waals surface area contributed by atoms with E-state index in [2.05, 4.69) is 29.1 Å². The molecule has 0 atom stereocenters. The monoisotopic (exact) mass is 382 g/mol. The van der Waals surface area contributed by atoms with E-state index < -0.39 is 0 Å². The van der Waals surface area contributed by atoms with Gasteiger partial charge in [0, 0.05) is 35.8 Å². The quantitative estimate of drug-likeness (QED) is 0.502. The summed E-state index contributed by atoms with van der Waals surface area (Å²) < 4.78 is 1.90. The van der Waals surface area contributed by atoms with Crippen molar-refractivity contribution in [3.63, 3.8) is 0 Å². The van der Waals surface area contributed by atoms with Crippen LogP contribution in [-0.4, -0.2) is 32.7 Å². The highest BCUT2D eigenvalue weighted by Gasteiger charge is 2.22. The number of fused-ring (bicyclic) bond motifs is 2. The first kappa shape index (κ1) is 17.4. The third-order valence-electron chi connectivity index (χ3n) is 4.60. The molecule has 0 saturated heterocycles. The van der Waals surface area contributed by atoms with E-state index in [1.165, 1.54) is 0 Å². The minimum absolute atomic E-state index is 0.144. The molecule has 27 heavy (non-hydrogen) atoms. The number of benzene rings is 1. The molecule has 0 aliphatic carbocycles. The molecule has 1 amide bonds. The highest BCUT2D eigenvalue weighted by Crippen LogP contribution is 2.39. The number of carbonyl (C=O) groups is 1. The fraction of sp³-hybridized carbons (Fsp3) is 0.211. The zero-order valence-electron chi connectivity index (χ0n) is 15.2. The summed E-state index contributed by atoms with van der Waals surface area (Å²) in [5, 5.41) is 9.48. The van der Waals surface area contributed by atoms with Crippen molar-refractivity contribution < 1.29 is 4.79 Å². The summed E-state index contributed by atoms with van der Waals surface area (Å²) in [6.07, 6.45) is 1.67. The molecule has 0 radical (unpaired) electrons. The molecule has 4 N–H and O–H groups in total. The van der Waals surface area contributed by atoms with Gasteiger partial charge in [-0.05, 0) is 32.0 Å². The summed E-state index contributed by atoms with van der Waals surface area (Å²) in [6, 6.07) is 7.37. The first-order valence-electron chi connectivity index (χ1n) is 8.58. The van der Waals surface area contributed by atoms with Gasteiger partial charge in [-0.3, -0.25) is 9.48 Å². The number of rotatable bonds is 3. The maximum atomic E-state index is 11.9. The number of aromatic nitrogens is 4. The summed E-state index contributed by atoms with van der Waals surface area (Å²) in [4.78, 5) is 19.4. The average Bonchev–Trinajstić information content (AvgIpc) is 3.20. The first-order valence-corrected chi connectivity index (χ1v) is 8.96. The van der Waals surface area contributed by atoms with Gasteiger partial charge in [0.25, 0.3) is 5.91 Å². The molecule has 4 aromatic rings. The highest BCUT2D eigenvalue weighted by atomic mass is 35.5. The third-order valence-corrected chi connectivity index (χ3v) is 4.99. The topological polar surface area (TPSA) is 102 Å². The van der Waals surface area contributed by atoms with E-state index in [9.17, 15) is 4.79 Å². The maximum absolute atomic E-state index is 11.9. The number of H-pyrrole nitrogens is 1. The van der Waals surface area contributed by atoms with Crippen LogP contribution in [0, 0.1) is 0 Å². The minimum Gasteiger partial charge on any atom is -0.383 e. The lowest BCUT2D eigenvalue weighted by Crippen LogP contribution is -2.17. The number of nitrogens with one attached hydrogen (secondary N) is 2. The number of hydrogen-bond acceptors (Lipinski definition) is 4. The van der Waals surface area contributed by atoms with Gasteiger partial charge in [0.15, 0.2) is 0 Å². The summed E-state index contributed by atoms with van der Waals surface area (Å²) in [5.41, 5.74) is 9.66. The van der Waals surface area contributed by atoms with Crippen LogP contribution in [-0.2, 0) is 0 Å². The Morgan fingerprint density at radius 3 is 2.81 bits per heavy atom. The van der Waals surface area contributed by atoms with Crippen LogP contribution in [0.3, 0.4) is 0 Å². The van der Waals surface area contributed by atoms with Gasteiger partial charge in [0.1, 0.15) is 11.5 Å². The largest absolute Gasteiger partial charge is 0.383 e. The highest BCUT2D eigenvalue weighted by molar-refractivity contribution is 6.38. The lowest BCUT2D eigenvalue weighted by molar-refractivity contribution is 0.0963. The van der Waals surface area contributed by atoms with Crippen LogP contribution in [0.1, 0.15) is 30.2 Å². The Bertz CT molecular complexity index is 1190. The van der Waals surface area contributed by atoms with Gasteiger partial charge in [-0.25, -0.2) is 4.98 Å². The van der Waals surface area contributed by atoms with E-state index in [1.807, 2.05) is 16.8 Å². The van der Waals surface area contributed by atoms with Crippen LogP contribution in [0.2, 0.25) is 5.02 Å². The third kappa shape index (κ3) is 2.62. The van der Waals surface area contributed by atoms with E-state index >= 15 is 0 Å². The van der Waals surface area contributed by atoms with E-state index in [0.717, 1.165) is 21.8 Å². The maximum Gasteiger partial charge on any atom is 0.251 e. The smallest absolute Gasteiger partial charge is 0.251 e. The number of aromatic amines is 1. The summed E-state index contributed by atoms with van der Waals surface area (Å²) >= 11 is 6.66. The van der Waals surface area contributed by atoms with E-state index in [1.54, 1.807) is 25.4 Å². The predicted molar refractivity (Wildman–Crippen MR) is 108 cm³/mol. The van der Waals surface area contributed by atoms with Gasteiger partial charge in [-0.15, -0.1) is 0 Å². The normalized spacial score (nSPS) is 11.6. The molecule has 0 saturated carbocycles. The predicted octanol–water partition coefficient (Wildman–Crippen LogP) is 3.76. The Morgan fingerprint density at radius 2 is 2.11 bits per heavy atom. The van der Waals surface area contributed by atoms with Crippen molar-refractivity contribution in [1.29, 1.82) is 0 Å². The summed E-state index contributed by atoms with van der Waals surface area (Å²) in [6.45, 7) is 4.10. The van der Waals surface area contributed by atoms with Gasteiger partial charge in [-0.2, -0.15) is 5.10 Å². The fourth-order valence-corrected chi connectivity index (χ4v) is 3.59. The molecule has 0 aliphatic heterocycles. The Morgan fingerprint density at radius 1 is 1.33 bits per heavy atom. The van der Waals surface area contributed by atoms with E-state index in [4.69, 9.17) is 22.4 Å². The van der Waals surface area contributed by atoms with Crippen molar-refractivity contribution >= 4 is 45.1 Å². The van der Waals surface area contributed by atoms with Crippen LogP contribution in [0.25, 0.3) is 33.2 Å². The molecule has 138 valence electrons. The van der Waals surface area contributed by atoms with Crippen LogP contribution >= 0.6 is 11.6 Å². The Balaban J connectivity index is 2.00. The summed E-state index contributed by atoms with van der Waals surface area (Å²) in [7, 11) is 1.60. The molecule has 0 aliphatic rings. The Hall–Kier alpha value is -3.06. The van der Waals surface area contributed by atoms with Crippen LogP contribution in [0.5, 0.6) is 0 Å². The molecule has 0 spiro atoms. The van der Waals surface area contributed by atoms with Crippen molar-refractivity contribution in [1.82, 2.24) is 25.1 Å². The van der Waals surface area contributed by atoms with Gasteiger partial charge >= 0.3 is 0 Å². The molecule has 0 fully saturated rings. The second-order valence-electron chi connectivity index (χ2n) is 6.63. The molecular weight excluding hydrogens is 364 g/mol. The molecule has 7 nitrogen and oxygen atoms in total. The summed E-state index contributed by atoms with van der Waals surface area (Å²) in [5.74, 6) is 0.238. The zero-order valence-corrected chi connectivity index (χ0v) is 15.9. The van der Waals surface area contributed by atoms with E-state index in [-0.39, 0.29) is 11.9 Å². The number of amides is 1. The molecule has 0 unspecified atom stereocenters. The van der Waals surface area contributed by atoms with Crippen molar-refractivity contribution in [3.8, 4) is 11.4 Å². The molecule has 1 aromatic carbocycles. The molecular formula is C19H19ClN6O. The number of nitrogen functional groups attached to an aromatic ring is 1. The number of nitrogens with zero attached hydrogens (tertiary/aromatic N) is 3. The fourth-order valence-electron chi connectivity index (χ4n) is 3.29. The number of anilines is 1. The van der Waals surface area contributed by atoms with Gasteiger partial charge < -0.3 is 16.0 Å². The van der Waals surface area contributed by atoms with Crippen molar-refractivity contribution in [2.45, 2.75) is 19.9 Å². The van der Waals surface area contributed by atoms with Crippen molar-refractivity contribution in [2.24, 2.45) is 0 Å². The van der Waals surface area contributed by atoms with Gasteiger partial charge in [0.05, 0.1) is 21.6 Å². The second kappa shape index (κ2) is 6.28. The van der Waals surface area contributed by atoms with Crippen LogP contribution in [0.4, 0.5) is 5.82 Å². The standard InChI is InChI=1S/C19H19ClN6O/c1-9(2)26-13-6-7-23-18(21)14(13)16(25-26)17-15(20)11-5-4-10(19(27)22-3)8-12(11)24-17/h4-9,24H,1-3H3,(H2,21,23)(H,22,27). The molecule has 3 aromatic heterocycles. The van der Waals surface area contributed by atoms with Gasteiger partial charge in [-0.1, -0.05) is 17.7 Å². The number of nitrogens with two attached hydrogens (primary N) is 1. The van der Waals surface area contributed by atoms with Gasteiger partial charge in [0.2, 0.25) is 0 Å². The Labute approximate surface area is 160 Å². The number of pyridine rings is 1. The number of carbonyl (C=O) groups excluding carboxylic acids is 1.